The molecule has 1 aromatic carbocycles. The molecule has 1 heterocycles. The van der Waals surface area contributed by atoms with Crippen LogP contribution in [0.1, 0.15) is 10.4 Å². The van der Waals surface area contributed by atoms with Gasteiger partial charge in [0, 0.05) is 28.3 Å². The molecule has 1 aliphatic carbocycles. The Labute approximate surface area is 131 Å². The highest BCUT2D eigenvalue weighted by atomic mass is 127. The fourth-order valence-corrected chi connectivity index (χ4v) is 3.02. The van der Waals surface area contributed by atoms with Crippen molar-refractivity contribution in [3.05, 3.63) is 32.4 Å². The number of piperidine rings is 1. The van der Waals surface area contributed by atoms with Gasteiger partial charge in [0.2, 0.25) is 0 Å². The molecule has 1 amide bonds. The van der Waals surface area contributed by atoms with Crippen molar-refractivity contribution >= 4 is 52.5 Å². The molecule has 2 fully saturated rings. The number of hydrogen-bond acceptors (Lipinski definition) is 2. The van der Waals surface area contributed by atoms with Crippen LogP contribution in [0, 0.1) is 15.4 Å². The number of nitrogens with one attached hydrogen (secondary N) is 2. The minimum atomic E-state index is -0.0114. The lowest BCUT2D eigenvalue weighted by atomic mass is 10.2. The maximum Gasteiger partial charge on any atom is 0.251 e. The predicted molar refractivity (Wildman–Crippen MR) is 82.5 cm³/mol. The number of hydrogen-bond donors (Lipinski definition) is 2. The van der Waals surface area contributed by atoms with Crippen LogP contribution in [-0.4, -0.2) is 25.0 Å². The predicted octanol–water partition coefficient (Wildman–Crippen LogP) is 2.31. The van der Waals surface area contributed by atoms with Crippen molar-refractivity contribution in [1.29, 1.82) is 0 Å². The highest BCUT2D eigenvalue weighted by Crippen LogP contribution is 2.41. The van der Waals surface area contributed by atoms with Crippen molar-refractivity contribution in [2.24, 2.45) is 11.8 Å². The van der Waals surface area contributed by atoms with Gasteiger partial charge in [-0.3, -0.25) is 4.79 Å². The first-order valence-corrected chi connectivity index (χ1v) is 7.09. The monoisotopic (exact) mass is 398 g/mol. The highest BCUT2D eigenvalue weighted by molar-refractivity contribution is 14.1. The van der Waals surface area contributed by atoms with E-state index in [4.69, 9.17) is 11.6 Å². The van der Waals surface area contributed by atoms with Crippen LogP contribution < -0.4 is 10.6 Å². The van der Waals surface area contributed by atoms with E-state index in [0.717, 1.165) is 16.7 Å². The number of benzene rings is 1. The molecule has 0 spiro atoms. The Morgan fingerprint density at radius 2 is 2.06 bits per heavy atom. The van der Waals surface area contributed by atoms with E-state index >= 15 is 0 Å². The number of amides is 1. The van der Waals surface area contributed by atoms with Crippen molar-refractivity contribution in [3.63, 3.8) is 0 Å². The Kier molecular flexibility index (Phi) is 4.41. The molecular weight excluding hydrogens is 386 g/mol. The topological polar surface area (TPSA) is 41.1 Å². The first kappa shape index (κ1) is 14.4. The molecule has 3 rings (SSSR count). The molecule has 2 N–H and O–H groups in total. The Morgan fingerprint density at radius 3 is 2.67 bits per heavy atom. The fourth-order valence-electron chi connectivity index (χ4n) is 2.50. The van der Waals surface area contributed by atoms with Crippen LogP contribution in [0.4, 0.5) is 0 Å². The van der Waals surface area contributed by atoms with Crippen LogP contribution in [0.2, 0.25) is 5.02 Å². The second-order valence-corrected chi connectivity index (χ2v) is 6.18. The van der Waals surface area contributed by atoms with Gasteiger partial charge in [0.1, 0.15) is 0 Å². The van der Waals surface area contributed by atoms with Gasteiger partial charge < -0.3 is 10.6 Å². The van der Waals surface area contributed by atoms with Crippen LogP contribution in [0.25, 0.3) is 0 Å². The van der Waals surface area contributed by atoms with Gasteiger partial charge in [-0.25, -0.2) is 0 Å². The zero-order chi connectivity index (χ0) is 12.0. The third kappa shape index (κ3) is 2.61. The molecule has 0 bridgehead atoms. The number of rotatable bonds is 2. The van der Waals surface area contributed by atoms with Crippen LogP contribution in [0.5, 0.6) is 0 Å². The van der Waals surface area contributed by atoms with Crippen LogP contribution in [0.15, 0.2) is 18.2 Å². The summed E-state index contributed by atoms with van der Waals surface area (Å²) in [5, 5.41) is 7.02. The van der Waals surface area contributed by atoms with Gasteiger partial charge in [0.05, 0.1) is 5.02 Å². The standard InChI is InChI=1S/C12H12ClIN2O.ClH/c13-9-3-6(1-2-10(9)14)12(17)16-11-7-4-15-5-8(7)11;/h1-3,7-8,11,15H,4-5H2,(H,16,17);1H. The van der Waals surface area contributed by atoms with E-state index in [9.17, 15) is 4.79 Å². The number of halogens is 3. The largest absolute Gasteiger partial charge is 0.349 e. The van der Waals surface area contributed by atoms with Crippen LogP contribution >= 0.6 is 46.6 Å². The molecule has 1 aromatic rings. The number of carbonyl (C=O) groups excluding carboxylic acids is 1. The van der Waals surface area contributed by atoms with Crippen LogP contribution in [0.3, 0.4) is 0 Å². The van der Waals surface area contributed by atoms with Gasteiger partial charge >= 0.3 is 0 Å². The number of carbonyl (C=O) groups is 1. The van der Waals surface area contributed by atoms with Crippen molar-refractivity contribution < 1.29 is 4.79 Å². The number of fused-ring (bicyclic) bond motifs is 1. The van der Waals surface area contributed by atoms with E-state index in [2.05, 4.69) is 33.2 Å². The lowest BCUT2D eigenvalue weighted by Gasteiger charge is -2.08. The van der Waals surface area contributed by atoms with Gasteiger partial charge in [-0.2, -0.15) is 0 Å². The van der Waals surface area contributed by atoms with E-state index in [-0.39, 0.29) is 18.3 Å². The quantitative estimate of drug-likeness (QED) is 0.750. The van der Waals surface area contributed by atoms with Crippen molar-refractivity contribution in [3.8, 4) is 0 Å². The zero-order valence-electron chi connectivity index (χ0n) is 9.45. The summed E-state index contributed by atoms with van der Waals surface area (Å²) < 4.78 is 0.966. The Morgan fingerprint density at radius 1 is 1.39 bits per heavy atom. The molecule has 0 aromatic heterocycles. The third-order valence-electron chi connectivity index (χ3n) is 3.57. The Balaban J connectivity index is 0.00000120. The summed E-state index contributed by atoms with van der Waals surface area (Å²) in [5.74, 6) is 1.26. The van der Waals surface area contributed by atoms with Crippen molar-refractivity contribution in [1.82, 2.24) is 10.6 Å². The summed E-state index contributed by atoms with van der Waals surface area (Å²) in [4.78, 5) is 12.0. The molecule has 2 aliphatic rings. The smallest absolute Gasteiger partial charge is 0.251 e. The van der Waals surface area contributed by atoms with Gasteiger partial charge in [-0.1, -0.05) is 11.6 Å². The molecule has 2 atom stereocenters. The normalized spacial score (nSPS) is 28.2. The van der Waals surface area contributed by atoms with E-state index in [1.54, 1.807) is 6.07 Å². The Bertz CT molecular complexity index is 473. The lowest BCUT2D eigenvalue weighted by molar-refractivity contribution is 0.0946. The molecule has 1 saturated heterocycles. The second kappa shape index (κ2) is 5.53. The second-order valence-electron chi connectivity index (χ2n) is 4.61. The lowest BCUT2D eigenvalue weighted by Crippen LogP contribution is -2.32. The van der Waals surface area contributed by atoms with E-state index in [0.29, 0.717) is 28.5 Å². The van der Waals surface area contributed by atoms with E-state index < -0.39 is 0 Å². The van der Waals surface area contributed by atoms with Gasteiger partial charge in [0.15, 0.2) is 0 Å². The molecule has 2 unspecified atom stereocenters. The maximum absolute atomic E-state index is 12.0. The molecule has 1 saturated carbocycles. The Hall–Kier alpha value is -0.0400. The molecule has 18 heavy (non-hydrogen) atoms. The SMILES string of the molecule is Cl.O=C(NC1C2CNCC21)c1ccc(I)c(Cl)c1. The minimum Gasteiger partial charge on any atom is -0.349 e. The summed E-state index contributed by atoms with van der Waals surface area (Å²) in [6.45, 7) is 2.06. The average Bonchev–Trinajstić information content (AvgIpc) is 2.76. The molecule has 3 nitrogen and oxygen atoms in total. The summed E-state index contributed by atoms with van der Waals surface area (Å²) in [6, 6.07) is 5.78. The van der Waals surface area contributed by atoms with Crippen LogP contribution in [-0.2, 0) is 0 Å². The minimum absolute atomic E-state index is 0. The molecule has 0 radical (unpaired) electrons. The van der Waals surface area contributed by atoms with Gasteiger partial charge in [0.25, 0.3) is 5.91 Å². The van der Waals surface area contributed by atoms with Gasteiger partial charge in [-0.15, -0.1) is 12.4 Å². The highest BCUT2D eigenvalue weighted by Gasteiger charge is 2.53. The summed E-state index contributed by atoms with van der Waals surface area (Å²) in [6.07, 6.45) is 0. The first-order valence-electron chi connectivity index (χ1n) is 5.63. The molecule has 1 aliphatic heterocycles. The zero-order valence-corrected chi connectivity index (χ0v) is 13.2. The van der Waals surface area contributed by atoms with E-state index in [1.165, 1.54) is 0 Å². The molecule has 6 heteroatoms. The summed E-state index contributed by atoms with van der Waals surface area (Å²) in [5.41, 5.74) is 0.647. The van der Waals surface area contributed by atoms with Crippen molar-refractivity contribution in [2.45, 2.75) is 6.04 Å². The van der Waals surface area contributed by atoms with E-state index in [1.807, 2.05) is 12.1 Å². The summed E-state index contributed by atoms with van der Waals surface area (Å²) >= 11 is 8.16. The maximum atomic E-state index is 12.0. The summed E-state index contributed by atoms with van der Waals surface area (Å²) in [7, 11) is 0. The third-order valence-corrected chi connectivity index (χ3v) is 5.14. The average molecular weight is 399 g/mol. The molecule has 98 valence electrons. The first-order chi connectivity index (χ1) is 8.16. The van der Waals surface area contributed by atoms with Crippen molar-refractivity contribution in [2.75, 3.05) is 13.1 Å². The van der Waals surface area contributed by atoms with Gasteiger partial charge in [-0.05, 0) is 52.6 Å². The molecular formula is C12H13Cl2IN2O. The fraction of sp³-hybridized carbons (Fsp3) is 0.417.